The quantitative estimate of drug-likeness (QED) is 0.577. The molecule has 0 radical (unpaired) electrons. The fourth-order valence-electron chi connectivity index (χ4n) is 3.79. The molecule has 25 heavy (non-hydrogen) atoms. The number of rotatable bonds is 6. The van der Waals surface area contributed by atoms with Gasteiger partial charge in [-0.2, -0.15) is 5.26 Å². The standard InChI is InChI=1S/C20H26N4O/c1-15-5-2-6-16(13-15)7-3-11-22-20(25)18-8-4-12-24-19(18)14-17(23-24)9-10-21/h4,8,12,14,16-17,23H,1-3,5-7,9,11,13H2,(H,22,25). The molecule has 1 aliphatic carbocycles. The second-order valence-electron chi connectivity index (χ2n) is 7.05. The number of allylic oxidation sites excluding steroid dienone is 3. The highest BCUT2D eigenvalue weighted by Crippen LogP contribution is 2.30. The van der Waals surface area contributed by atoms with E-state index >= 15 is 0 Å². The minimum absolute atomic E-state index is 0.0432. The predicted octanol–water partition coefficient (Wildman–Crippen LogP) is 3.07. The first-order valence-corrected chi connectivity index (χ1v) is 9.15. The number of hydrogen-bond acceptors (Lipinski definition) is 4. The molecule has 2 heterocycles. The lowest BCUT2D eigenvalue weighted by Gasteiger charge is -2.24. The highest BCUT2D eigenvalue weighted by Gasteiger charge is 2.28. The second kappa shape index (κ2) is 8.17. The molecule has 5 heteroatoms. The van der Waals surface area contributed by atoms with E-state index in [2.05, 4.69) is 23.4 Å². The van der Waals surface area contributed by atoms with Crippen LogP contribution in [0.25, 0.3) is 0 Å². The van der Waals surface area contributed by atoms with E-state index in [0.717, 1.165) is 30.9 Å². The highest BCUT2D eigenvalue weighted by molar-refractivity contribution is 5.98. The third-order valence-electron chi connectivity index (χ3n) is 5.05. The maximum atomic E-state index is 12.5. The van der Waals surface area contributed by atoms with E-state index in [1.54, 1.807) is 0 Å². The molecule has 0 spiro atoms. The van der Waals surface area contributed by atoms with Crippen molar-refractivity contribution in [2.24, 2.45) is 5.92 Å². The van der Waals surface area contributed by atoms with Crippen LogP contribution < -0.4 is 10.7 Å². The first-order valence-electron chi connectivity index (χ1n) is 9.15. The minimum atomic E-state index is -0.0481. The third kappa shape index (κ3) is 4.40. The van der Waals surface area contributed by atoms with Gasteiger partial charge in [-0.3, -0.25) is 9.80 Å². The van der Waals surface area contributed by atoms with Crippen LogP contribution in [-0.2, 0) is 4.79 Å². The van der Waals surface area contributed by atoms with Crippen LogP contribution in [0.1, 0.15) is 44.9 Å². The monoisotopic (exact) mass is 338 g/mol. The van der Waals surface area contributed by atoms with Crippen LogP contribution in [0.3, 0.4) is 0 Å². The molecule has 0 aromatic rings. The molecule has 132 valence electrons. The van der Waals surface area contributed by atoms with Gasteiger partial charge >= 0.3 is 0 Å². The van der Waals surface area contributed by atoms with Crippen molar-refractivity contribution >= 4 is 5.91 Å². The number of hydrogen-bond donors (Lipinski definition) is 2. The summed E-state index contributed by atoms with van der Waals surface area (Å²) in [5.74, 6) is 0.687. The average molecular weight is 338 g/mol. The summed E-state index contributed by atoms with van der Waals surface area (Å²) in [6.07, 6.45) is 14.9. The summed E-state index contributed by atoms with van der Waals surface area (Å²) in [5.41, 5.74) is 6.07. The lowest BCUT2D eigenvalue weighted by atomic mass is 9.83. The van der Waals surface area contributed by atoms with Crippen molar-refractivity contribution in [1.82, 2.24) is 15.8 Å². The highest BCUT2D eigenvalue weighted by atomic mass is 16.1. The normalized spacial score (nSPS) is 25.1. The molecule has 1 fully saturated rings. The van der Waals surface area contributed by atoms with E-state index in [4.69, 9.17) is 5.26 Å². The Labute approximate surface area is 149 Å². The Morgan fingerprint density at radius 2 is 2.40 bits per heavy atom. The van der Waals surface area contributed by atoms with Gasteiger partial charge in [-0.25, -0.2) is 5.43 Å². The molecule has 2 N–H and O–H groups in total. The van der Waals surface area contributed by atoms with E-state index in [1.165, 1.54) is 24.8 Å². The summed E-state index contributed by atoms with van der Waals surface area (Å²) in [6, 6.07) is 2.11. The summed E-state index contributed by atoms with van der Waals surface area (Å²) in [5, 5.41) is 13.7. The van der Waals surface area contributed by atoms with Crippen LogP contribution in [0.4, 0.5) is 0 Å². The van der Waals surface area contributed by atoms with Gasteiger partial charge in [0.05, 0.1) is 29.8 Å². The zero-order valence-electron chi connectivity index (χ0n) is 14.6. The Morgan fingerprint density at radius 1 is 1.52 bits per heavy atom. The van der Waals surface area contributed by atoms with Gasteiger partial charge in [0.25, 0.3) is 5.91 Å². The topological polar surface area (TPSA) is 68.2 Å². The van der Waals surface area contributed by atoms with Crippen LogP contribution in [0, 0.1) is 17.2 Å². The van der Waals surface area contributed by atoms with Gasteiger partial charge in [-0.1, -0.05) is 12.2 Å². The maximum Gasteiger partial charge on any atom is 0.253 e. The van der Waals surface area contributed by atoms with Crippen LogP contribution in [0.5, 0.6) is 0 Å². The number of carbonyl (C=O) groups is 1. The van der Waals surface area contributed by atoms with Crippen LogP contribution in [-0.4, -0.2) is 23.5 Å². The lowest BCUT2D eigenvalue weighted by Crippen LogP contribution is -2.36. The van der Waals surface area contributed by atoms with Crippen molar-refractivity contribution in [2.75, 3.05) is 6.54 Å². The van der Waals surface area contributed by atoms with Gasteiger partial charge in [-0.05, 0) is 62.7 Å². The summed E-state index contributed by atoms with van der Waals surface area (Å²) in [7, 11) is 0. The fraction of sp³-hybridized carbons (Fsp3) is 0.500. The third-order valence-corrected chi connectivity index (χ3v) is 5.05. The molecule has 2 atom stereocenters. The minimum Gasteiger partial charge on any atom is -0.352 e. The number of nitriles is 1. The smallest absolute Gasteiger partial charge is 0.253 e. The van der Waals surface area contributed by atoms with Gasteiger partial charge in [0.1, 0.15) is 0 Å². The van der Waals surface area contributed by atoms with Crippen LogP contribution in [0.15, 0.2) is 47.9 Å². The first kappa shape index (κ1) is 17.5. The van der Waals surface area contributed by atoms with Gasteiger partial charge < -0.3 is 5.32 Å². The Hall–Kier alpha value is -2.32. The molecule has 0 aromatic carbocycles. The largest absolute Gasteiger partial charge is 0.352 e. The second-order valence-corrected chi connectivity index (χ2v) is 7.05. The molecule has 0 aromatic heterocycles. The first-order chi connectivity index (χ1) is 12.2. The number of carbonyl (C=O) groups excluding carboxylic acids is 1. The molecule has 1 saturated carbocycles. The number of hydrazine groups is 1. The SMILES string of the molecule is C=C1CCCC(CCCNC(=O)C2=CC=CN3NC(CC#N)C=C23)C1. The molecule has 3 rings (SSSR count). The number of fused-ring (bicyclic) bond motifs is 1. The Bertz CT molecular complexity index is 668. The van der Waals surface area contributed by atoms with Crippen LogP contribution in [0.2, 0.25) is 0 Å². The average Bonchev–Trinajstić information content (AvgIpc) is 3.01. The predicted molar refractivity (Wildman–Crippen MR) is 97.6 cm³/mol. The summed E-state index contributed by atoms with van der Waals surface area (Å²) in [6.45, 7) is 4.81. The molecule has 0 saturated heterocycles. The molecule has 2 unspecified atom stereocenters. The summed E-state index contributed by atoms with van der Waals surface area (Å²) >= 11 is 0. The van der Waals surface area contributed by atoms with Gasteiger partial charge in [0.2, 0.25) is 0 Å². The van der Waals surface area contributed by atoms with E-state index in [9.17, 15) is 4.79 Å². The number of nitrogens with one attached hydrogen (secondary N) is 2. The molecule has 0 bridgehead atoms. The number of nitrogens with zero attached hydrogens (tertiary/aromatic N) is 2. The Morgan fingerprint density at radius 3 is 3.20 bits per heavy atom. The molecule has 1 amide bonds. The maximum absolute atomic E-state index is 12.5. The van der Waals surface area contributed by atoms with Crippen molar-refractivity contribution in [3.05, 3.63) is 47.9 Å². The van der Waals surface area contributed by atoms with Crippen molar-refractivity contribution < 1.29 is 4.79 Å². The molecule has 2 aliphatic heterocycles. The van der Waals surface area contributed by atoms with E-state index in [1.807, 2.05) is 29.4 Å². The fourth-order valence-corrected chi connectivity index (χ4v) is 3.79. The number of amides is 1. The molecule has 3 aliphatic rings. The van der Waals surface area contributed by atoms with Crippen LogP contribution >= 0.6 is 0 Å². The Kier molecular flexibility index (Phi) is 5.72. The van der Waals surface area contributed by atoms with E-state index in [-0.39, 0.29) is 11.9 Å². The van der Waals surface area contributed by atoms with E-state index < -0.39 is 0 Å². The summed E-state index contributed by atoms with van der Waals surface area (Å²) < 4.78 is 0. The molecular weight excluding hydrogens is 312 g/mol. The molecule has 5 nitrogen and oxygen atoms in total. The molecular formula is C20H26N4O. The van der Waals surface area contributed by atoms with Gasteiger partial charge in [-0.15, -0.1) is 0 Å². The van der Waals surface area contributed by atoms with Gasteiger partial charge in [0.15, 0.2) is 0 Å². The zero-order chi connectivity index (χ0) is 17.6. The zero-order valence-corrected chi connectivity index (χ0v) is 14.6. The van der Waals surface area contributed by atoms with Crippen molar-refractivity contribution in [2.45, 2.75) is 51.0 Å². The van der Waals surface area contributed by atoms with Gasteiger partial charge in [0, 0.05) is 12.7 Å². The Balaban J connectivity index is 1.47. The summed E-state index contributed by atoms with van der Waals surface area (Å²) in [4.78, 5) is 12.5. The van der Waals surface area contributed by atoms with Crippen molar-refractivity contribution in [3.63, 3.8) is 0 Å². The van der Waals surface area contributed by atoms with Crippen molar-refractivity contribution in [3.8, 4) is 6.07 Å². The van der Waals surface area contributed by atoms with E-state index in [0.29, 0.717) is 18.5 Å². The van der Waals surface area contributed by atoms with Crippen molar-refractivity contribution in [1.29, 1.82) is 5.26 Å². The lowest BCUT2D eigenvalue weighted by molar-refractivity contribution is -0.117.